The molecule has 0 fully saturated rings. The van der Waals surface area contributed by atoms with Crippen LogP contribution in [-0.4, -0.2) is 24.0 Å². The van der Waals surface area contributed by atoms with Crippen molar-refractivity contribution >= 4 is 26.9 Å². The Morgan fingerprint density at radius 3 is 1.61 bits per heavy atom. The number of fused-ring (bicyclic) bond motifs is 2. The predicted molar refractivity (Wildman–Crippen MR) is 150 cm³/mol. The molecule has 5 aromatic rings. The topological polar surface area (TPSA) is 101 Å². The summed E-state index contributed by atoms with van der Waals surface area (Å²) in [5.41, 5.74) is 3.55. The molecule has 0 saturated carbocycles. The second-order valence-corrected chi connectivity index (χ2v) is 12.2. The molecule has 0 aromatic heterocycles. The largest absolute Gasteiger partial charge is 0.508 e. The molecule has 2 atom stereocenters. The van der Waals surface area contributed by atoms with Crippen LogP contribution in [0.15, 0.2) is 89.8 Å². The Hall–Kier alpha value is -4.74. The number of rotatable bonds is 4. The Morgan fingerprint density at radius 2 is 1.11 bits per heavy atom. The van der Waals surface area contributed by atoms with Gasteiger partial charge in [-0.3, -0.25) is 9.35 Å². The summed E-state index contributed by atoms with van der Waals surface area (Å²) in [6, 6.07) is 25.1. The van der Waals surface area contributed by atoms with Crippen molar-refractivity contribution in [3.8, 4) is 11.5 Å². The minimum atomic E-state index is -5.71. The minimum absolute atomic E-state index is 0.138. The molecule has 0 radical (unpaired) electrons. The van der Waals surface area contributed by atoms with Gasteiger partial charge >= 0.3 is 16.1 Å². The smallest absolute Gasteiger partial charge is 0.316 e. The van der Waals surface area contributed by atoms with E-state index in [4.69, 9.17) is 9.29 Å². The minimum Gasteiger partial charge on any atom is -0.508 e. The number of hydrogen-bond donors (Lipinski definition) is 2. The summed E-state index contributed by atoms with van der Waals surface area (Å²) >= 11 is 0. The zero-order valence-electron chi connectivity index (χ0n) is 22.3. The van der Waals surface area contributed by atoms with E-state index in [0.29, 0.717) is 5.56 Å². The van der Waals surface area contributed by atoms with Crippen LogP contribution in [0.4, 0.5) is 17.6 Å². The summed E-state index contributed by atoms with van der Waals surface area (Å²) in [5.74, 6) is -16.1. The van der Waals surface area contributed by atoms with Gasteiger partial charge in [-0.2, -0.15) is 17.2 Å². The fourth-order valence-corrected chi connectivity index (χ4v) is 7.56. The molecular weight excluding hydrogens is 600 g/mol. The molecule has 2 bridgehead atoms. The Labute approximate surface area is 247 Å². The first-order chi connectivity index (χ1) is 21.0. The molecule has 0 saturated heterocycles. The van der Waals surface area contributed by atoms with Gasteiger partial charge in [0, 0.05) is 17.8 Å². The van der Waals surface area contributed by atoms with Gasteiger partial charge in [0.15, 0.2) is 16.5 Å². The molecule has 222 valence electrons. The van der Waals surface area contributed by atoms with Crippen LogP contribution in [-0.2, 0) is 14.9 Å². The summed E-state index contributed by atoms with van der Waals surface area (Å²) in [5, 5.41) is 12.8. The third-order valence-electron chi connectivity index (χ3n) is 8.61. The van der Waals surface area contributed by atoms with Crippen molar-refractivity contribution in [3.63, 3.8) is 0 Å². The van der Waals surface area contributed by atoms with E-state index in [-0.39, 0.29) is 5.75 Å². The molecule has 6 nitrogen and oxygen atoms in total. The molecule has 2 N–H and O–H groups in total. The molecule has 3 aliphatic rings. The lowest BCUT2D eigenvalue weighted by atomic mass is 9.52. The van der Waals surface area contributed by atoms with E-state index in [1.807, 2.05) is 30.3 Å². The van der Waals surface area contributed by atoms with Crippen LogP contribution >= 0.6 is 0 Å². The molecule has 0 amide bonds. The first-order valence-corrected chi connectivity index (χ1v) is 14.9. The number of carbonyl (C=O) groups excluding carboxylic acids is 1. The van der Waals surface area contributed by atoms with Crippen LogP contribution in [0.2, 0.25) is 0 Å². The Bertz CT molecular complexity index is 2070. The Balaban J connectivity index is 1.45. The van der Waals surface area contributed by atoms with Gasteiger partial charge in [-0.05, 0) is 50.7 Å². The lowest BCUT2D eigenvalue weighted by Crippen LogP contribution is -2.44. The number of carbonyl (C=O) groups is 1. The zero-order valence-corrected chi connectivity index (χ0v) is 23.2. The molecule has 3 aliphatic carbocycles. The SMILES string of the molecule is O=C(Oc1c(F)c(F)c(S(=O)(=O)O)c(F)c1F)C1C2c3ccccc3C(c3ccccc32)C1c1cc2ccccc2cc1O. The van der Waals surface area contributed by atoms with E-state index in [0.717, 1.165) is 33.0 Å². The fraction of sp³-hybridized carbons (Fsp3) is 0.121. The lowest BCUT2D eigenvalue weighted by molar-refractivity contribution is -0.141. The van der Waals surface area contributed by atoms with Crippen LogP contribution in [0, 0.1) is 29.2 Å². The highest BCUT2D eigenvalue weighted by molar-refractivity contribution is 7.85. The summed E-state index contributed by atoms with van der Waals surface area (Å²) in [6.07, 6.45) is 0. The number of phenols is 1. The molecule has 11 heteroatoms. The average molecular weight is 621 g/mol. The van der Waals surface area contributed by atoms with Crippen LogP contribution in [0.5, 0.6) is 11.5 Å². The van der Waals surface area contributed by atoms with Gasteiger partial charge in [0.1, 0.15) is 5.75 Å². The molecule has 2 unspecified atom stereocenters. The highest BCUT2D eigenvalue weighted by atomic mass is 32.2. The van der Waals surface area contributed by atoms with E-state index >= 15 is 8.78 Å². The molecule has 0 aliphatic heterocycles. The highest BCUT2D eigenvalue weighted by Gasteiger charge is 2.54. The van der Waals surface area contributed by atoms with Gasteiger partial charge < -0.3 is 9.84 Å². The Morgan fingerprint density at radius 1 is 0.659 bits per heavy atom. The quantitative estimate of drug-likeness (QED) is 0.0742. The molecular formula is C33H20F4O6S. The maximum Gasteiger partial charge on any atom is 0.316 e. The average Bonchev–Trinajstić information content (AvgIpc) is 3.00. The number of hydrogen-bond acceptors (Lipinski definition) is 5. The van der Waals surface area contributed by atoms with Gasteiger partial charge in [0.2, 0.25) is 17.4 Å². The predicted octanol–water partition coefficient (Wildman–Crippen LogP) is 6.94. The third kappa shape index (κ3) is 4.03. The normalized spacial score (nSPS) is 20.3. The number of aromatic hydroxyl groups is 1. The van der Waals surface area contributed by atoms with Gasteiger partial charge in [-0.25, -0.2) is 8.78 Å². The number of halogens is 4. The van der Waals surface area contributed by atoms with Gasteiger partial charge in [-0.1, -0.05) is 72.8 Å². The van der Waals surface area contributed by atoms with E-state index in [1.165, 1.54) is 0 Å². The zero-order chi connectivity index (χ0) is 31.1. The summed E-state index contributed by atoms with van der Waals surface area (Å²) in [7, 11) is -5.71. The molecule has 44 heavy (non-hydrogen) atoms. The monoisotopic (exact) mass is 620 g/mol. The number of esters is 1. The number of phenolic OH excluding ortho intramolecular Hbond substituents is 1. The standard InChI is InChI=1S/C33H20F4O6S/c34-27-29(36)32(44(40,41)42)30(37)28(35)31(27)43-33(39)26-24-19-11-5-3-9-17(19)23(18-10-4-6-12-20(18)24)25(26)21-13-15-7-1-2-8-16(15)14-22(21)38/h1-14,23-26,38H,(H,40,41,42). The highest BCUT2D eigenvalue weighted by Crippen LogP contribution is 2.63. The maximum absolute atomic E-state index is 15.0. The third-order valence-corrected chi connectivity index (χ3v) is 9.48. The first-order valence-electron chi connectivity index (χ1n) is 13.4. The molecule has 0 heterocycles. The van der Waals surface area contributed by atoms with Gasteiger partial charge in [-0.15, -0.1) is 0 Å². The summed E-state index contributed by atoms with van der Waals surface area (Å²) in [4.78, 5) is 11.9. The van der Waals surface area contributed by atoms with Crippen molar-refractivity contribution in [2.45, 2.75) is 22.6 Å². The van der Waals surface area contributed by atoms with Crippen LogP contribution in [0.1, 0.15) is 45.6 Å². The van der Waals surface area contributed by atoms with Crippen molar-refractivity contribution in [3.05, 3.63) is 136 Å². The van der Waals surface area contributed by atoms with Crippen molar-refractivity contribution in [1.82, 2.24) is 0 Å². The van der Waals surface area contributed by atoms with E-state index in [1.54, 1.807) is 54.6 Å². The first kappa shape index (κ1) is 28.1. The van der Waals surface area contributed by atoms with Crippen molar-refractivity contribution in [2.75, 3.05) is 0 Å². The van der Waals surface area contributed by atoms with Gasteiger partial charge in [0.25, 0.3) is 0 Å². The van der Waals surface area contributed by atoms with Crippen LogP contribution in [0.3, 0.4) is 0 Å². The van der Waals surface area contributed by atoms with Crippen molar-refractivity contribution in [2.24, 2.45) is 5.92 Å². The van der Waals surface area contributed by atoms with Crippen molar-refractivity contribution in [1.29, 1.82) is 0 Å². The van der Waals surface area contributed by atoms with E-state index in [9.17, 15) is 27.1 Å². The van der Waals surface area contributed by atoms with E-state index < -0.39 is 73.7 Å². The second-order valence-electron chi connectivity index (χ2n) is 10.8. The summed E-state index contributed by atoms with van der Waals surface area (Å²) < 4.78 is 96.3. The maximum atomic E-state index is 15.0. The van der Waals surface area contributed by atoms with Crippen LogP contribution in [0.25, 0.3) is 10.8 Å². The van der Waals surface area contributed by atoms with E-state index in [2.05, 4.69) is 0 Å². The molecule has 8 rings (SSSR count). The van der Waals surface area contributed by atoms with Crippen LogP contribution < -0.4 is 4.74 Å². The second kappa shape index (κ2) is 9.90. The fourth-order valence-electron chi connectivity index (χ4n) is 6.92. The number of benzene rings is 5. The summed E-state index contributed by atoms with van der Waals surface area (Å²) in [6.45, 7) is 0. The van der Waals surface area contributed by atoms with Crippen molar-refractivity contribution < 1.29 is 45.2 Å². The lowest BCUT2D eigenvalue weighted by Gasteiger charge is -2.49. The number of ether oxygens (including phenoxy) is 1. The Kier molecular flexibility index (Phi) is 6.31. The van der Waals surface area contributed by atoms with Gasteiger partial charge in [0.05, 0.1) is 5.92 Å². The molecule has 5 aromatic carbocycles. The molecule has 0 spiro atoms.